The molecule has 1 amide bonds. The Morgan fingerprint density at radius 3 is 2.63 bits per heavy atom. The van der Waals surface area contributed by atoms with Crippen LogP contribution in [0.4, 0.5) is 0 Å². The number of amides is 1. The van der Waals surface area contributed by atoms with E-state index in [1.165, 1.54) is 0 Å². The zero-order valence-corrected chi connectivity index (χ0v) is 15.0. The monoisotopic (exact) mass is 453 g/mol. The molecule has 0 aliphatic carbocycles. The first-order valence-electron chi connectivity index (χ1n) is 5.98. The molecule has 1 fully saturated rings. The van der Waals surface area contributed by atoms with Crippen LogP contribution in [0.3, 0.4) is 0 Å². The van der Waals surface area contributed by atoms with Gasteiger partial charge in [-0.05, 0) is 47.0 Å². The molecule has 0 aromatic heterocycles. The standard InChI is InChI=1S/C13H14Br3NO2/c14-8-13(3-5-19-6-4-13)17-12(18)10-7-9(15)1-2-11(10)16/h1-2,7H,3-6,8H2,(H,17,18). The van der Waals surface area contributed by atoms with E-state index in [4.69, 9.17) is 4.74 Å². The minimum Gasteiger partial charge on any atom is -0.381 e. The Kier molecular flexibility index (Phi) is 5.45. The lowest BCUT2D eigenvalue weighted by molar-refractivity contribution is 0.0441. The number of halogens is 3. The van der Waals surface area contributed by atoms with E-state index in [1.54, 1.807) is 0 Å². The fraction of sp³-hybridized carbons (Fsp3) is 0.462. The second-order valence-electron chi connectivity index (χ2n) is 4.60. The molecule has 1 aromatic rings. The fourth-order valence-corrected chi connectivity index (χ4v) is 3.52. The minimum atomic E-state index is -0.211. The minimum absolute atomic E-state index is 0.0606. The lowest BCUT2D eigenvalue weighted by atomic mass is 9.92. The average molecular weight is 456 g/mol. The molecule has 1 saturated heterocycles. The fourth-order valence-electron chi connectivity index (χ4n) is 2.03. The molecule has 0 unspecified atom stereocenters. The number of carbonyl (C=O) groups excluding carboxylic acids is 1. The van der Waals surface area contributed by atoms with Crippen LogP contribution in [-0.4, -0.2) is 30.0 Å². The van der Waals surface area contributed by atoms with Crippen LogP contribution >= 0.6 is 47.8 Å². The van der Waals surface area contributed by atoms with Gasteiger partial charge in [-0.2, -0.15) is 0 Å². The summed E-state index contributed by atoms with van der Waals surface area (Å²) in [5, 5.41) is 3.89. The molecule has 0 radical (unpaired) electrons. The van der Waals surface area contributed by atoms with Gasteiger partial charge in [0, 0.05) is 27.5 Å². The molecule has 0 bridgehead atoms. The number of alkyl halides is 1. The van der Waals surface area contributed by atoms with E-state index in [0.717, 1.165) is 27.1 Å². The van der Waals surface area contributed by atoms with Crippen molar-refractivity contribution in [2.24, 2.45) is 0 Å². The summed E-state index contributed by atoms with van der Waals surface area (Å²) in [5.41, 5.74) is 0.429. The molecule has 1 N–H and O–H groups in total. The van der Waals surface area contributed by atoms with E-state index in [0.29, 0.717) is 18.8 Å². The third kappa shape index (κ3) is 3.80. The third-order valence-electron chi connectivity index (χ3n) is 3.26. The summed E-state index contributed by atoms with van der Waals surface area (Å²) in [7, 11) is 0. The van der Waals surface area contributed by atoms with Gasteiger partial charge in [0.25, 0.3) is 5.91 Å². The van der Waals surface area contributed by atoms with Crippen LogP contribution in [0.1, 0.15) is 23.2 Å². The van der Waals surface area contributed by atoms with Gasteiger partial charge in [0.05, 0.1) is 11.1 Å². The summed E-state index contributed by atoms with van der Waals surface area (Å²) < 4.78 is 7.05. The molecule has 104 valence electrons. The van der Waals surface area contributed by atoms with Gasteiger partial charge in [-0.3, -0.25) is 4.79 Å². The average Bonchev–Trinajstić information content (AvgIpc) is 2.42. The number of rotatable bonds is 3. The van der Waals surface area contributed by atoms with Crippen molar-refractivity contribution in [1.29, 1.82) is 0 Å². The van der Waals surface area contributed by atoms with Crippen LogP contribution in [0, 0.1) is 0 Å². The maximum atomic E-state index is 12.4. The van der Waals surface area contributed by atoms with Crippen molar-refractivity contribution < 1.29 is 9.53 Å². The quantitative estimate of drug-likeness (QED) is 0.702. The summed E-state index contributed by atoms with van der Waals surface area (Å²) in [6.45, 7) is 1.37. The Balaban J connectivity index is 2.17. The second-order valence-corrected chi connectivity index (χ2v) is 6.94. The molecular formula is C13H14Br3NO2. The Morgan fingerprint density at radius 2 is 2.00 bits per heavy atom. The largest absolute Gasteiger partial charge is 0.381 e. The first-order chi connectivity index (χ1) is 9.06. The van der Waals surface area contributed by atoms with E-state index < -0.39 is 0 Å². The summed E-state index contributed by atoms with van der Waals surface area (Å²) in [6, 6.07) is 5.58. The zero-order chi connectivity index (χ0) is 13.9. The van der Waals surface area contributed by atoms with Gasteiger partial charge >= 0.3 is 0 Å². The van der Waals surface area contributed by atoms with Crippen molar-refractivity contribution >= 4 is 53.7 Å². The molecule has 1 aromatic carbocycles. The maximum Gasteiger partial charge on any atom is 0.252 e. The summed E-state index contributed by atoms with van der Waals surface area (Å²) in [5.74, 6) is -0.0606. The van der Waals surface area contributed by atoms with Crippen molar-refractivity contribution in [3.05, 3.63) is 32.7 Å². The highest BCUT2D eigenvalue weighted by Crippen LogP contribution is 2.26. The molecule has 0 spiro atoms. The number of ether oxygens (including phenoxy) is 1. The van der Waals surface area contributed by atoms with Gasteiger partial charge in [-0.1, -0.05) is 31.9 Å². The van der Waals surface area contributed by atoms with Crippen molar-refractivity contribution in [2.45, 2.75) is 18.4 Å². The number of benzene rings is 1. The molecular weight excluding hydrogens is 442 g/mol. The highest BCUT2D eigenvalue weighted by atomic mass is 79.9. The highest BCUT2D eigenvalue weighted by molar-refractivity contribution is 9.11. The molecule has 6 heteroatoms. The van der Waals surface area contributed by atoms with Crippen LogP contribution < -0.4 is 5.32 Å². The summed E-state index contributed by atoms with van der Waals surface area (Å²) >= 11 is 10.3. The van der Waals surface area contributed by atoms with Gasteiger partial charge in [0.15, 0.2) is 0 Å². The number of hydrogen-bond acceptors (Lipinski definition) is 2. The van der Waals surface area contributed by atoms with Gasteiger partial charge in [-0.25, -0.2) is 0 Å². The Bertz CT molecular complexity index is 473. The third-order valence-corrected chi connectivity index (χ3v) is 5.52. The number of hydrogen-bond donors (Lipinski definition) is 1. The Hall–Kier alpha value is 0.0900. The molecule has 0 saturated carbocycles. The van der Waals surface area contributed by atoms with Gasteiger partial charge < -0.3 is 10.1 Å². The normalized spacial score (nSPS) is 18.1. The first kappa shape index (κ1) is 15.5. The second kappa shape index (κ2) is 6.70. The lowest BCUT2D eigenvalue weighted by Crippen LogP contribution is -2.53. The predicted molar refractivity (Wildman–Crippen MR) is 85.9 cm³/mol. The topological polar surface area (TPSA) is 38.3 Å². The van der Waals surface area contributed by atoms with Crippen molar-refractivity contribution in [3.8, 4) is 0 Å². The molecule has 1 heterocycles. The molecule has 3 nitrogen and oxygen atoms in total. The van der Waals surface area contributed by atoms with Gasteiger partial charge in [-0.15, -0.1) is 0 Å². The van der Waals surface area contributed by atoms with Crippen molar-refractivity contribution in [1.82, 2.24) is 5.32 Å². The van der Waals surface area contributed by atoms with Crippen LogP contribution in [-0.2, 0) is 4.74 Å². The number of carbonyl (C=O) groups is 1. The van der Waals surface area contributed by atoms with Gasteiger partial charge in [0.1, 0.15) is 0 Å². The highest BCUT2D eigenvalue weighted by Gasteiger charge is 2.33. The summed E-state index contributed by atoms with van der Waals surface area (Å²) in [6.07, 6.45) is 1.66. The van der Waals surface area contributed by atoms with Crippen LogP contribution in [0.15, 0.2) is 27.1 Å². The van der Waals surface area contributed by atoms with Gasteiger partial charge in [0.2, 0.25) is 0 Å². The zero-order valence-electron chi connectivity index (χ0n) is 10.2. The predicted octanol–water partition coefficient (Wildman–Crippen LogP) is 3.89. The summed E-state index contributed by atoms with van der Waals surface area (Å²) in [4.78, 5) is 12.4. The van der Waals surface area contributed by atoms with Crippen molar-refractivity contribution in [2.75, 3.05) is 18.5 Å². The van der Waals surface area contributed by atoms with E-state index in [9.17, 15) is 4.79 Å². The molecule has 0 atom stereocenters. The molecule has 1 aliphatic rings. The lowest BCUT2D eigenvalue weighted by Gasteiger charge is -2.36. The molecule has 19 heavy (non-hydrogen) atoms. The Labute approximate surface area is 137 Å². The van der Waals surface area contributed by atoms with E-state index in [2.05, 4.69) is 53.1 Å². The SMILES string of the molecule is O=C(NC1(CBr)CCOCC1)c1cc(Br)ccc1Br. The molecule has 2 rings (SSSR count). The molecule has 1 aliphatic heterocycles. The van der Waals surface area contributed by atoms with Crippen LogP contribution in [0.5, 0.6) is 0 Å². The first-order valence-corrected chi connectivity index (χ1v) is 8.68. The smallest absolute Gasteiger partial charge is 0.252 e. The van der Waals surface area contributed by atoms with E-state index in [-0.39, 0.29) is 11.4 Å². The van der Waals surface area contributed by atoms with Crippen molar-refractivity contribution in [3.63, 3.8) is 0 Å². The number of nitrogens with one attached hydrogen (secondary N) is 1. The van der Waals surface area contributed by atoms with E-state index >= 15 is 0 Å². The van der Waals surface area contributed by atoms with Crippen LogP contribution in [0.25, 0.3) is 0 Å². The maximum absolute atomic E-state index is 12.4. The van der Waals surface area contributed by atoms with Crippen LogP contribution in [0.2, 0.25) is 0 Å². The van der Waals surface area contributed by atoms with E-state index in [1.807, 2.05) is 18.2 Å². The Morgan fingerprint density at radius 1 is 1.32 bits per heavy atom.